The molecule has 0 bridgehead atoms. The number of hydrogen-bond donors (Lipinski definition) is 9. The van der Waals surface area contributed by atoms with Gasteiger partial charge in [-0.25, -0.2) is 54.1 Å². The lowest BCUT2D eigenvalue weighted by molar-refractivity contribution is -0.221. The van der Waals surface area contributed by atoms with E-state index in [1.54, 1.807) is 11.5 Å². The number of ether oxygens (including phenoxy) is 7. The van der Waals surface area contributed by atoms with Gasteiger partial charge in [0.05, 0.1) is 107 Å². The van der Waals surface area contributed by atoms with E-state index in [0.29, 0.717) is 17.6 Å². The Morgan fingerprint density at radius 2 is 0.692 bits per heavy atom. The topological polar surface area (TPSA) is 801 Å². The maximum atomic E-state index is 15.0. The standard InChI is InChI=1S/C72H95N24O36P7S7/c1-7-34-35(8-52(119-34)94-27-81-55-59(74)77-25-79-61(55)94)127-134(106,141)113-20-44-38(10-49(121-44)91-16-31(3)64(97)87-70(91)102)130-137(109,144)116-22-45-40(12-51(122-45)93-18-33(5)66(99)89-72(93)104)131-136(108,143)115-21-43-37(9-48(120-43)90-15-30(2)58(73)84-69(90)101)128-138(110,145)118-24-47-41(14-53(124-47)95-28-82-56-60(75)78-26-80-62(56)95)132-139(111,146)117-23-46-39(11-50(123-46)92-17-32(4)65(98)88-71(92)103)129-135(107,142)114-19-42-36(126-133(105,140)112-6)13-54(125-42)96-29-83-57-63(96)85-68(76)86-67(57)100/h15-18,25-29,34-54H,7-14,19-24H2,1-6H3,(H,105,140)(H,106,141)(H,107,142)(H,108,143)(H,109,144)(H,110,145)(H,111,146)(H2,73,84,101)(H2,74,77,79)(H2,75,78,80)(H,87,97,102)(H,88,98,103)(H,89,99,104)(H3,76,85,86,100)/p-6/t34-,35-,36-,37-,38-,39-,40-,41-,42-,43-,44-,45-,46-,47-,48-,49-,50-,51-,52-,53-,54-,133?,134?,135?,136?,137?,138?,139?/m1/s1. The van der Waals surface area contributed by atoms with Crippen molar-refractivity contribution in [3.05, 3.63) is 162 Å². The molecule has 0 spiro atoms. The summed E-state index contributed by atoms with van der Waals surface area (Å²) < 4.78 is 149. The first-order valence-electron chi connectivity index (χ1n) is 43.7. The minimum Gasteiger partial charge on any atom is -0.780 e. The van der Waals surface area contributed by atoms with E-state index in [9.17, 15) is 67.4 Å². The van der Waals surface area contributed by atoms with Crippen molar-refractivity contribution >= 4 is 187 Å². The molecule has 0 amide bonds. The zero-order valence-electron chi connectivity index (χ0n) is 76.4. The minimum absolute atomic E-state index is 0.0252. The van der Waals surface area contributed by atoms with E-state index in [0.717, 1.165) is 44.1 Å². The molecule has 10 aromatic rings. The van der Waals surface area contributed by atoms with E-state index in [2.05, 4.69) is 64.8 Å². The van der Waals surface area contributed by atoms with Gasteiger partial charge in [0.2, 0.25) is 5.95 Å². The summed E-state index contributed by atoms with van der Waals surface area (Å²) in [5, 5.41) is 0. The van der Waals surface area contributed by atoms with Crippen molar-refractivity contribution in [1.29, 1.82) is 0 Å². The second-order valence-electron chi connectivity index (χ2n) is 34.0. The van der Waals surface area contributed by atoms with Crippen LogP contribution in [0.5, 0.6) is 0 Å². The first-order chi connectivity index (χ1) is 68.8. The number of hydrogen-bond acceptors (Lipinski definition) is 55. The van der Waals surface area contributed by atoms with Gasteiger partial charge in [0.15, 0.2) is 40.9 Å². The molecule has 17 heterocycles. The second-order valence-corrected chi connectivity index (χ2v) is 53.1. The number of fused-ring (bicyclic) bond motifs is 3. The predicted octanol–water partition coefficient (Wildman–Crippen LogP) is -2.07. The maximum Gasteiger partial charge on any atom is 0.351 e. The molecule has 13 N–H and O–H groups in total. The highest BCUT2D eigenvalue weighted by atomic mass is 32.7. The summed E-state index contributed by atoms with van der Waals surface area (Å²) in [6, 6.07) is 0. The Hall–Kier alpha value is -7.03. The lowest BCUT2D eigenvalue weighted by Crippen LogP contribution is -2.34. The molecule has 60 nitrogen and oxygen atoms in total. The maximum absolute atomic E-state index is 15.0. The Labute approximate surface area is 855 Å². The van der Waals surface area contributed by atoms with Crippen LogP contribution in [0, 0.1) is 27.7 Å². The highest BCUT2D eigenvalue weighted by Crippen LogP contribution is 2.57. The number of anilines is 4. The van der Waals surface area contributed by atoms with Crippen molar-refractivity contribution in [2.45, 2.75) is 215 Å². The fourth-order valence-electron chi connectivity index (χ4n) is 17.0. The number of aryl methyl sites for hydroxylation is 4. The van der Waals surface area contributed by atoms with Crippen molar-refractivity contribution in [2.75, 3.05) is 69.7 Å². The van der Waals surface area contributed by atoms with Crippen LogP contribution in [-0.2, 0) is 184 Å². The van der Waals surface area contributed by atoms with Crippen LogP contribution in [0.4, 0.5) is 23.4 Å². The lowest BCUT2D eigenvalue weighted by Gasteiger charge is -2.36. The summed E-state index contributed by atoms with van der Waals surface area (Å²) in [6.45, 7) is -30.9. The predicted molar refractivity (Wildman–Crippen MR) is 518 cm³/mol. The van der Waals surface area contributed by atoms with Gasteiger partial charge >= 0.3 is 29.5 Å². The van der Waals surface area contributed by atoms with Gasteiger partial charge in [0, 0.05) is 99.1 Å². The molecule has 146 heavy (non-hydrogen) atoms. The van der Waals surface area contributed by atoms with Gasteiger partial charge in [-0.05, 0) is 45.9 Å². The molecule has 0 aromatic carbocycles. The third-order valence-electron chi connectivity index (χ3n) is 24.1. The Balaban J connectivity index is 0.578. The fourth-order valence-corrected chi connectivity index (χ4v) is 26.8. The van der Waals surface area contributed by atoms with Crippen LogP contribution < -0.4 is 92.4 Å². The summed E-state index contributed by atoms with van der Waals surface area (Å²) in [5.41, 5.74) is 18.4. The van der Waals surface area contributed by atoms with Crippen LogP contribution in [0.2, 0.25) is 0 Å². The number of rotatable bonds is 41. The van der Waals surface area contributed by atoms with E-state index in [-0.39, 0.29) is 93.7 Å². The number of nitrogens with zero attached hydrogens (tertiary/aromatic N) is 16. The highest BCUT2D eigenvalue weighted by Gasteiger charge is 2.50. The Bertz CT molecular complexity index is 7530. The van der Waals surface area contributed by atoms with Crippen LogP contribution in [0.15, 0.2) is 94.8 Å². The molecular formula is C72H89N24O36P7S7-6. The largest absolute Gasteiger partial charge is 0.780 e. The molecule has 7 aliphatic rings. The zero-order valence-corrected chi connectivity index (χ0v) is 88.4. The molecule has 7 fully saturated rings. The van der Waals surface area contributed by atoms with Gasteiger partial charge in [-0.2, -0.15) is 9.97 Å². The number of imidazole rings is 3. The molecule has 0 saturated carbocycles. The second kappa shape index (κ2) is 44.2. The molecule has 7 saturated heterocycles. The molecule has 17 rings (SSSR count). The summed E-state index contributed by atoms with van der Waals surface area (Å²) in [5.74, 6) is -0.355. The summed E-state index contributed by atoms with van der Waals surface area (Å²) >= 11 is 38.2. The van der Waals surface area contributed by atoms with Crippen LogP contribution in [0.1, 0.15) is 124 Å². The van der Waals surface area contributed by atoms with E-state index in [4.69, 9.17) is 203 Å². The third kappa shape index (κ3) is 25.4. The molecular weight excluding hydrogens is 2220 g/mol. The SMILES string of the molecule is CC[C@H]1O[C@@H](n2cnc3c(N)ncnc32)C[C@H]1OP([O-])(=S)OC[C@H]1O[C@@H](n2cc(C)c(=O)[nH]c2=O)C[C@H]1OP(=O)([S-])OC[C@H]1O[C@@H](n2cc(C)c(=O)[nH]c2=O)C[C@H]1OP(O)(=S)OC[C@H]1O[C@@H](n2cc(C)c(N)nc2=O)C[C@H]1OP([O-])(=S)OC[C@H]1O[C@@H](n2cnc3c(N)ncnc32)C[C@H]1OP([O-])(=S)OC[C@H]1O[C@@H](n2cc(C)c(=O)[nH]c2=O)C[C@H]1OP([O-])(=S)OC[C@H]1O[C@@H](n2cnc3c(=O)[nH]c(N)nc32)C[C@H]1OP([O-])(=S)OC. The number of H-pyrrole nitrogens is 4. The van der Waals surface area contributed by atoms with E-state index in [1.165, 1.54) is 74.5 Å². The highest BCUT2D eigenvalue weighted by molar-refractivity contribution is 8.32. The Kier molecular flexibility index (Phi) is 33.4. The monoisotopic (exact) mass is 2310 g/mol. The van der Waals surface area contributed by atoms with Crippen molar-refractivity contribution in [1.82, 2.24) is 96.8 Å². The number of nitrogens with one attached hydrogen (secondary N) is 4. The van der Waals surface area contributed by atoms with Crippen LogP contribution in [0.3, 0.4) is 0 Å². The molecule has 796 valence electrons. The average molecular weight is 2310 g/mol. The summed E-state index contributed by atoms with van der Waals surface area (Å²) in [4.78, 5) is 235. The molecule has 74 heteroatoms. The Morgan fingerprint density at radius 1 is 0.384 bits per heavy atom. The molecule has 7 aliphatic heterocycles. The van der Waals surface area contributed by atoms with Gasteiger partial charge < -0.3 is 161 Å². The Morgan fingerprint density at radius 3 is 1.07 bits per heavy atom. The van der Waals surface area contributed by atoms with Crippen molar-refractivity contribution in [3.8, 4) is 0 Å². The zero-order chi connectivity index (χ0) is 105. The first-order valence-corrected chi connectivity index (χ1v) is 61.6. The normalized spacial score (nSPS) is 29.5. The summed E-state index contributed by atoms with van der Waals surface area (Å²) in [6.07, 6.45) is -18.9. The smallest absolute Gasteiger partial charge is 0.351 e. The van der Waals surface area contributed by atoms with Crippen LogP contribution >= 0.6 is 47.1 Å². The van der Waals surface area contributed by atoms with Gasteiger partial charge in [0.1, 0.15) is 143 Å². The summed E-state index contributed by atoms with van der Waals surface area (Å²) in [7, 11) is 1.03. The minimum atomic E-state index is -5.03. The van der Waals surface area contributed by atoms with E-state index >= 15 is 4.89 Å². The van der Waals surface area contributed by atoms with E-state index < -0.39 is 280 Å². The van der Waals surface area contributed by atoms with Crippen LogP contribution in [0.25, 0.3) is 33.5 Å². The fraction of sp³-hybridized carbons (Fsp3) is 0.569. The quantitative estimate of drug-likeness (QED) is 0.0147. The molecule has 0 aliphatic carbocycles. The molecule has 10 aromatic heterocycles. The lowest BCUT2D eigenvalue weighted by atomic mass is 10.1. The van der Waals surface area contributed by atoms with Crippen molar-refractivity contribution < 1.29 is 130 Å². The van der Waals surface area contributed by atoms with Crippen molar-refractivity contribution in [3.63, 3.8) is 0 Å². The van der Waals surface area contributed by atoms with Gasteiger partial charge in [-0.1, -0.05) is 66.0 Å². The molecule has 28 atom stereocenters. The number of nitrogen functional groups attached to an aromatic ring is 4. The molecule has 7 unspecified atom stereocenters. The number of aromatic nitrogens is 20. The van der Waals surface area contributed by atoms with E-state index in [1.807, 2.05) is 0 Å². The number of nitrogens with two attached hydrogens (primary N) is 4. The first kappa shape index (κ1) is 110. The number of aromatic amines is 4. The van der Waals surface area contributed by atoms with Gasteiger partial charge in [-0.15, -0.1) is 0 Å². The molecule has 0 radical (unpaired) electrons. The van der Waals surface area contributed by atoms with Gasteiger partial charge in [0.25, 0.3) is 22.2 Å². The third-order valence-corrected chi connectivity index (χ3v) is 35.3. The van der Waals surface area contributed by atoms with Gasteiger partial charge in [-0.3, -0.25) is 75.6 Å². The average Bonchev–Trinajstić information content (AvgIpc) is 1.63. The van der Waals surface area contributed by atoms with Crippen molar-refractivity contribution in [2.24, 2.45) is 0 Å². The van der Waals surface area contributed by atoms with Crippen LogP contribution in [-0.4, -0.2) is 234 Å².